The molecule has 0 spiro atoms. The van der Waals surface area contributed by atoms with Crippen LogP contribution >= 0.6 is 15.9 Å². The van der Waals surface area contributed by atoms with E-state index in [1.54, 1.807) is 6.07 Å². The Balaban J connectivity index is 2.34. The number of benzene rings is 2. The lowest BCUT2D eigenvalue weighted by Crippen LogP contribution is -2.17. The first kappa shape index (κ1) is 16.2. The largest absolute Gasteiger partial charge is 0.224 e. The van der Waals surface area contributed by atoms with Gasteiger partial charge in [-0.05, 0) is 36.6 Å². The molecule has 2 rings (SSSR count). The van der Waals surface area contributed by atoms with E-state index in [2.05, 4.69) is 15.9 Å². The highest BCUT2D eigenvalue weighted by Gasteiger charge is 2.23. The van der Waals surface area contributed by atoms with Gasteiger partial charge < -0.3 is 0 Å². The maximum Gasteiger partial charge on any atom is 0.179 e. The van der Waals surface area contributed by atoms with Crippen LogP contribution in [0.3, 0.4) is 0 Å². The molecule has 0 radical (unpaired) electrons. The maximum atomic E-state index is 12.7. The molecule has 21 heavy (non-hydrogen) atoms. The number of aryl methyl sites for hydroxylation is 2. The van der Waals surface area contributed by atoms with E-state index < -0.39 is 9.84 Å². The van der Waals surface area contributed by atoms with Gasteiger partial charge in [-0.15, -0.1) is 0 Å². The Labute approximate surface area is 135 Å². The third-order valence-electron chi connectivity index (χ3n) is 3.56. The molecule has 0 fully saturated rings. The number of hydrogen-bond acceptors (Lipinski definition) is 2. The van der Waals surface area contributed by atoms with Crippen molar-refractivity contribution in [3.05, 3.63) is 65.2 Å². The van der Waals surface area contributed by atoms with Crippen LogP contribution < -0.4 is 0 Å². The van der Waals surface area contributed by atoms with Crippen LogP contribution in [0.25, 0.3) is 0 Å². The second kappa shape index (κ2) is 6.75. The van der Waals surface area contributed by atoms with Gasteiger partial charge in [-0.1, -0.05) is 58.4 Å². The third-order valence-corrected chi connectivity index (χ3v) is 6.29. The Morgan fingerprint density at radius 1 is 1.05 bits per heavy atom. The Bertz CT molecular complexity index is 709. The predicted octanol–water partition coefficient (Wildman–Crippen LogP) is 4.26. The topological polar surface area (TPSA) is 34.1 Å². The Kier molecular flexibility index (Phi) is 5.22. The molecule has 2 nitrogen and oxygen atoms in total. The summed E-state index contributed by atoms with van der Waals surface area (Å²) in [7, 11) is -3.30. The molecule has 0 aliphatic carbocycles. The molecule has 0 aliphatic heterocycles. The van der Waals surface area contributed by atoms with Crippen molar-refractivity contribution in [1.29, 1.82) is 0 Å². The Morgan fingerprint density at radius 2 is 1.71 bits per heavy atom. The summed E-state index contributed by atoms with van der Waals surface area (Å²) >= 11 is 3.45. The van der Waals surface area contributed by atoms with Crippen LogP contribution in [0.15, 0.2) is 53.4 Å². The van der Waals surface area contributed by atoms with Gasteiger partial charge in [-0.3, -0.25) is 0 Å². The highest BCUT2D eigenvalue weighted by Crippen LogP contribution is 2.26. The smallest absolute Gasteiger partial charge is 0.179 e. The van der Waals surface area contributed by atoms with Gasteiger partial charge in [0.15, 0.2) is 9.84 Å². The van der Waals surface area contributed by atoms with E-state index in [9.17, 15) is 8.42 Å². The van der Waals surface area contributed by atoms with Crippen LogP contribution in [-0.4, -0.2) is 19.5 Å². The minimum atomic E-state index is -3.30. The Morgan fingerprint density at radius 3 is 2.33 bits per heavy atom. The fourth-order valence-electron chi connectivity index (χ4n) is 2.35. The summed E-state index contributed by atoms with van der Waals surface area (Å²) in [4.78, 5) is 0.449. The molecule has 0 saturated carbocycles. The summed E-state index contributed by atoms with van der Waals surface area (Å²) < 4.78 is 25.5. The second-order valence-electron chi connectivity index (χ2n) is 5.31. The quantitative estimate of drug-likeness (QED) is 0.741. The average molecular weight is 367 g/mol. The van der Waals surface area contributed by atoms with Crippen molar-refractivity contribution in [2.24, 2.45) is 0 Å². The molecular weight excluding hydrogens is 348 g/mol. The number of hydrogen-bond donors (Lipinski definition) is 0. The maximum absolute atomic E-state index is 12.7. The predicted molar refractivity (Wildman–Crippen MR) is 90.9 cm³/mol. The second-order valence-corrected chi connectivity index (χ2v) is 7.96. The molecule has 0 saturated heterocycles. The van der Waals surface area contributed by atoms with E-state index >= 15 is 0 Å². The van der Waals surface area contributed by atoms with Crippen molar-refractivity contribution >= 4 is 25.8 Å². The van der Waals surface area contributed by atoms with Crippen molar-refractivity contribution in [3.8, 4) is 0 Å². The lowest BCUT2D eigenvalue weighted by molar-refractivity contribution is 0.590. The molecule has 4 heteroatoms. The highest BCUT2D eigenvalue weighted by atomic mass is 79.9. The van der Waals surface area contributed by atoms with E-state index in [0.29, 0.717) is 10.2 Å². The number of sulfone groups is 1. The summed E-state index contributed by atoms with van der Waals surface area (Å²) in [6.07, 6.45) is 0. The van der Waals surface area contributed by atoms with Crippen molar-refractivity contribution in [3.63, 3.8) is 0 Å². The lowest BCUT2D eigenvalue weighted by atomic mass is 10.0. The molecule has 1 unspecified atom stereocenters. The first-order valence-corrected chi connectivity index (χ1v) is 9.62. The summed E-state index contributed by atoms with van der Waals surface area (Å²) in [5.41, 5.74) is 2.82. The number of halogens is 1. The van der Waals surface area contributed by atoms with Crippen molar-refractivity contribution < 1.29 is 8.42 Å². The zero-order chi connectivity index (χ0) is 15.5. The molecule has 0 N–H and O–H groups in total. The molecule has 0 bridgehead atoms. The van der Waals surface area contributed by atoms with Crippen LogP contribution in [0.2, 0.25) is 0 Å². The SMILES string of the molecule is Cc1ccc(C)c(S(=O)(=O)CC(CBr)c2ccccc2)c1. The van der Waals surface area contributed by atoms with E-state index in [1.165, 1.54) is 0 Å². The molecule has 0 aliphatic rings. The molecule has 2 aromatic carbocycles. The van der Waals surface area contributed by atoms with Crippen LogP contribution in [0.4, 0.5) is 0 Å². The molecule has 0 heterocycles. The molecule has 0 amide bonds. The van der Waals surface area contributed by atoms with Crippen molar-refractivity contribution in [2.75, 3.05) is 11.1 Å². The fourth-order valence-corrected chi connectivity index (χ4v) is 5.20. The minimum Gasteiger partial charge on any atom is -0.224 e. The van der Waals surface area contributed by atoms with Gasteiger partial charge in [-0.2, -0.15) is 0 Å². The van der Waals surface area contributed by atoms with Gasteiger partial charge in [0.1, 0.15) is 0 Å². The standard InChI is InChI=1S/C17H19BrO2S/c1-13-8-9-14(2)17(10-13)21(19,20)12-16(11-18)15-6-4-3-5-7-15/h3-10,16H,11-12H2,1-2H3. The highest BCUT2D eigenvalue weighted by molar-refractivity contribution is 9.09. The monoisotopic (exact) mass is 366 g/mol. The first-order chi connectivity index (χ1) is 9.94. The minimum absolute atomic E-state index is 0.0453. The number of alkyl halides is 1. The van der Waals surface area contributed by atoms with E-state index in [-0.39, 0.29) is 11.7 Å². The van der Waals surface area contributed by atoms with Gasteiger partial charge in [0.2, 0.25) is 0 Å². The van der Waals surface area contributed by atoms with Crippen LogP contribution in [0, 0.1) is 13.8 Å². The van der Waals surface area contributed by atoms with Gasteiger partial charge in [-0.25, -0.2) is 8.42 Å². The summed E-state index contributed by atoms with van der Waals surface area (Å²) in [5, 5.41) is 0.626. The lowest BCUT2D eigenvalue weighted by Gasteiger charge is -2.16. The summed E-state index contributed by atoms with van der Waals surface area (Å²) in [5.74, 6) is 0.0723. The van der Waals surface area contributed by atoms with Gasteiger partial charge in [0.05, 0.1) is 10.6 Å². The van der Waals surface area contributed by atoms with Crippen LogP contribution in [0.1, 0.15) is 22.6 Å². The van der Waals surface area contributed by atoms with Gasteiger partial charge in [0, 0.05) is 11.2 Å². The number of rotatable bonds is 5. The zero-order valence-corrected chi connectivity index (χ0v) is 14.6. The Hall–Kier alpha value is -1.13. The van der Waals surface area contributed by atoms with Crippen LogP contribution in [0.5, 0.6) is 0 Å². The van der Waals surface area contributed by atoms with E-state index in [4.69, 9.17) is 0 Å². The normalized spacial score (nSPS) is 13.1. The summed E-state index contributed by atoms with van der Waals surface area (Å²) in [6.45, 7) is 3.76. The van der Waals surface area contributed by atoms with Crippen molar-refractivity contribution in [2.45, 2.75) is 24.7 Å². The van der Waals surface area contributed by atoms with Crippen molar-refractivity contribution in [1.82, 2.24) is 0 Å². The first-order valence-electron chi connectivity index (χ1n) is 6.85. The average Bonchev–Trinajstić information content (AvgIpc) is 2.48. The van der Waals surface area contributed by atoms with Crippen LogP contribution in [-0.2, 0) is 9.84 Å². The zero-order valence-electron chi connectivity index (χ0n) is 12.2. The molecule has 112 valence electrons. The molecule has 0 aromatic heterocycles. The van der Waals surface area contributed by atoms with Gasteiger partial charge >= 0.3 is 0 Å². The molecule has 1 atom stereocenters. The van der Waals surface area contributed by atoms with Gasteiger partial charge in [0.25, 0.3) is 0 Å². The van der Waals surface area contributed by atoms with E-state index in [1.807, 2.05) is 56.3 Å². The van der Waals surface area contributed by atoms with E-state index in [0.717, 1.165) is 16.7 Å². The fraction of sp³-hybridized carbons (Fsp3) is 0.294. The summed E-state index contributed by atoms with van der Waals surface area (Å²) in [6, 6.07) is 15.3. The molecule has 2 aromatic rings. The molecular formula is C17H19BrO2S. The third kappa shape index (κ3) is 3.95.